The van der Waals surface area contributed by atoms with Crippen LogP contribution in [-0.2, 0) is 0 Å². The number of piperidine rings is 1. The second kappa shape index (κ2) is 7.05. The van der Waals surface area contributed by atoms with E-state index in [-0.39, 0.29) is 0 Å². The highest BCUT2D eigenvalue weighted by molar-refractivity contribution is 9.10. The fourth-order valence-corrected chi connectivity index (χ4v) is 2.83. The minimum atomic E-state index is 0.480. The molecule has 0 aliphatic carbocycles. The lowest BCUT2D eigenvalue weighted by Crippen LogP contribution is -2.35. The van der Waals surface area contributed by atoms with E-state index in [2.05, 4.69) is 43.0 Å². The normalized spacial score (nSPS) is 18.2. The number of nitrogens with two attached hydrogens (primary N) is 1. The highest BCUT2D eigenvalue weighted by atomic mass is 79.9. The average molecular weight is 328 g/mol. The number of halogens is 1. The average Bonchev–Trinajstić information content (AvgIpc) is 2.36. The third kappa shape index (κ3) is 4.95. The summed E-state index contributed by atoms with van der Waals surface area (Å²) in [4.78, 5) is 11.0. The lowest BCUT2D eigenvalue weighted by Gasteiger charge is -2.29. The summed E-state index contributed by atoms with van der Waals surface area (Å²) in [5.74, 6) is 1.65. The van der Waals surface area contributed by atoms with Crippen LogP contribution >= 0.6 is 15.9 Å². The summed E-state index contributed by atoms with van der Waals surface area (Å²) in [5.41, 5.74) is 5.69. The van der Waals surface area contributed by atoms with Gasteiger partial charge < -0.3 is 16.0 Å². The molecular weight excluding hydrogens is 306 g/mol. The van der Waals surface area contributed by atoms with Gasteiger partial charge >= 0.3 is 0 Å². The van der Waals surface area contributed by atoms with E-state index in [1.54, 1.807) is 6.07 Å². The van der Waals surface area contributed by atoms with Gasteiger partial charge in [0.1, 0.15) is 10.4 Å². The van der Waals surface area contributed by atoms with E-state index >= 15 is 0 Å². The molecule has 0 spiro atoms. The Balaban J connectivity index is 1.77. The topological polar surface area (TPSA) is 67.1 Å². The molecule has 0 saturated carbocycles. The second-order valence-electron chi connectivity index (χ2n) is 5.29. The predicted octanol–water partition coefficient (Wildman–Crippen LogP) is 2.36. The molecule has 19 heavy (non-hydrogen) atoms. The highest BCUT2D eigenvalue weighted by Crippen LogP contribution is 2.14. The fourth-order valence-electron chi connectivity index (χ4n) is 2.43. The van der Waals surface area contributed by atoms with Crippen molar-refractivity contribution < 1.29 is 0 Å². The van der Waals surface area contributed by atoms with Gasteiger partial charge in [-0.2, -0.15) is 4.98 Å². The van der Waals surface area contributed by atoms with Crippen LogP contribution < -0.4 is 11.1 Å². The van der Waals surface area contributed by atoms with Crippen LogP contribution in [0.3, 0.4) is 0 Å². The summed E-state index contributed by atoms with van der Waals surface area (Å²) in [5, 5.41) is 3.26. The summed E-state index contributed by atoms with van der Waals surface area (Å²) in [6.45, 7) is 6.74. The molecule has 1 saturated heterocycles. The SMILES string of the molecule is CC(CNc1nc(N)cc(Br)n1)CN1CCCCC1. The Kier molecular flexibility index (Phi) is 5.39. The van der Waals surface area contributed by atoms with Crippen molar-refractivity contribution in [3.8, 4) is 0 Å². The third-order valence-electron chi connectivity index (χ3n) is 3.34. The van der Waals surface area contributed by atoms with Crippen LogP contribution in [-0.4, -0.2) is 41.0 Å². The van der Waals surface area contributed by atoms with Gasteiger partial charge in [0.25, 0.3) is 0 Å². The van der Waals surface area contributed by atoms with Gasteiger partial charge in [-0.25, -0.2) is 4.98 Å². The molecule has 0 radical (unpaired) electrons. The summed E-state index contributed by atoms with van der Waals surface area (Å²) in [6.07, 6.45) is 4.06. The van der Waals surface area contributed by atoms with E-state index < -0.39 is 0 Å². The van der Waals surface area contributed by atoms with Gasteiger partial charge in [0.05, 0.1) is 0 Å². The minimum Gasteiger partial charge on any atom is -0.383 e. The Hall–Kier alpha value is -0.880. The Morgan fingerprint density at radius 1 is 1.37 bits per heavy atom. The quantitative estimate of drug-likeness (QED) is 0.812. The first-order valence-corrected chi connectivity index (χ1v) is 7.69. The van der Waals surface area contributed by atoms with Crippen LogP contribution in [0.4, 0.5) is 11.8 Å². The van der Waals surface area contributed by atoms with E-state index in [1.165, 1.54) is 32.4 Å². The maximum atomic E-state index is 5.69. The molecule has 1 aromatic heterocycles. The number of hydrogen-bond donors (Lipinski definition) is 2. The first kappa shape index (κ1) is 14.5. The molecule has 0 amide bonds. The van der Waals surface area contributed by atoms with Crippen LogP contribution in [0.15, 0.2) is 10.7 Å². The standard InChI is InChI=1S/C13H22BrN5/c1-10(9-19-5-3-2-4-6-19)8-16-13-17-11(14)7-12(15)18-13/h7,10H,2-6,8-9H2,1H3,(H3,15,16,17,18). The van der Waals surface area contributed by atoms with E-state index in [9.17, 15) is 0 Å². The summed E-state index contributed by atoms with van der Waals surface area (Å²) >= 11 is 3.32. The molecule has 106 valence electrons. The monoisotopic (exact) mass is 327 g/mol. The first-order valence-electron chi connectivity index (χ1n) is 6.90. The number of rotatable bonds is 5. The van der Waals surface area contributed by atoms with Gasteiger partial charge in [0.2, 0.25) is 5.95 Å². The van der Waals surface area contributed by atoms with E-state index in [0.29, 0.717) is 22.3 Å². The summed E-state index contributed by atoms with van der Waals surface area (Å²) in [7, 11) is 0. The lowest BCUT2D eigenvalue weighted by atomic mass is 10.1. The van der Waals surface area contributed by atoms with Crippen LogP contribution in [0.2, 0.25) is 0 Å². The number of nitrogens with zero attached hydrogens (tertiary/aromatic N) is 3. The van der Waals surface area contributed by atoms with Crippen LogP contribution in [0, 0.1) is 5.92 Å². The molecule has 1 aliphatic rings. The van der Waals surface area contributed by atoms with Crippen molar-refractivity contribution in [2.45, 2.75) is 26.2 Å². The van der Waals surface area contributed by atoms with Crippen molar-refractivity contribution in [3.05, 3.63) is 10.7 Å². The molecular formula is C13H22BrN5. The molecule has 2 heterocycles. The molecule has 1 fully saturated rings. The van der Waals surface area contributed by atoms with E-state index in [0.717, 1.165) is 13.1 Å². The zero-order chi connectivity index (χ0) is 13.7. The number of anilines is 2. The van der Waals surface area contributed by atoms with Crippen LogP contribution in [0.25, 0.3) is 0 Å². The Morgan fingerprint density at radius 2 is 2.11 bits per heavy atom. The Morgan fingerprint density at radius 3 is 2.79 bits per heavy atom. The predicted molar refractivity (Wildman–Crippen MR) is 82.1 cm³/mol. The van der Waals surface area contributed by atoms with Gasteiger partial charge in [-0.05, 0) is 47.8 Å². The zero-order valence-corrected chi connectivity index (χ0v) is 13.0. The maximum Gasteiger partial charge on any atom is 0.225 e. The first-order chi connectivity index (χ1) is 9.13. The number of likely N-dealkylation sites (tertiary alicyclic amines) is 1. The van der Waals surface area contributed by atoms with Gasteiger partial charge in [0.15, 0.2) is 0 Å². The molecule has 3 N–H and O–H groups in total. The zero-order valence-electron chi connectivity index (χ0n) is 11.4. The molecule has 0 aromatic carbocycles. The second-order valence-corrected chi connectivity index (χ2v) is 6.10. The molecule has 1 aliphatic heterocycles. The molecule has 1 unspecified atom stereocenters. The van der Waals surface area contributed by atoms with Crippen LogP contribution in [0.1, 0.15) is 26.2 Å². The van der Waals surface area contributed by atoms with Gasteiger partial charge in [-0.1, -0.05) is 13.3 Å². The number of nitrogens with one attached hydrogen (secondary N) is 1. The smallest absolute Gasteiger partial charge is 0.225 e. The number of nitrogen functional groups attached to an aromatic ring is 1. The number of aromatic nitrogens is 2. The lowest BCUT2D eigenvalue weighted by molar-refractivity contribution is 0.204. The molecule has 1 atom stereocenters. The van der Waals surface area contributed by atoms with Crippen molar-refractivity contribution >= 4 is 27.7 Å². The highest BCUT2D eigenvalue weighted by Gasteiger charge is 2.13. The summed E-state index contributed by atoms with van der Waals surface area (Å²) in [6, 6.07) is 1.70. The molecule has 6 heteroatoms. The van der Waals surface area contributed by atoms with Crippen molar-refractivity contribution in [2.24, 2.45) is 5.92 Å². The van der Waals surface area contributed by atoms with Gasteiger partial charge in [-0.15, -0.1) is 0 Å². The maximum absolute atomic E-state index is 5.69. The summed E-state index contributed by atoms with van der Waals surface area (Å²) < 4.78 is 0.714. The number of hydrogen-bond acceptors (Lipinski definition) is 5. The van der Waals surface area contributed by atoms with Gasteiger partial charge in [0, 0.05) is 19.2 Å². The van der Waals surface area contributed by atoms with Crippen molar-refractivity contribution in [2.75, 3.05) is 37.2 Å². The molecule has 0 bridgehead atoms. The third-order valence-corrected chi connectivity index (χ3v) is 3.75. The Labute approximate surface area is 123 Å². The van der Waals surface area contributed by atoms with Crippen molar-refractivity contribution in [1.82, 2.24) is 14.9 Å². The van der Waals surface area contributed by atoms with Gasteiger partial charge in [-0.3, -0.25) is 0 Å². The molecule has 2 rings (SSSR count). The van der Waals surface area contributed by atoms with E-state index in [1.807, 2.05) is 0 Å². The van der Waals surface area contributed by atoms with E-state index in [4.69, 9.17) is 5.73 Å². The van der Waals surface area contributed by atoms with Crippen molar-refractivity contribution in [1.29, 1.82) is 0 Å². The van der Waals surface area contributed by atoms with Crippen LogP contribution in [0.5, 0.6) is 0 Å². The largest absolute Gasteiger partial charge is 0.383 e. The Bertz CT molecular complexity index is 386. The van der Waals surface area contributed by atoms with Crippen molar-refractivity contribution in [3.63, 3.8) is 0 Å². The molecule has 5 nitrogen and oxygen atoms in total. The molecule has 1 aromatic rings. The fraction of sp³-hybridized carbons (Fsp3) is 0.692. The minimum absolute atomic E-state index is 0.480.